The molecule has 1 aromatic heterocycles. The molecule has 2 aromatic rings. The van der Waals surface area contributed by atoms with Gasteiger partial charge in [0.25, 0.3) is 0 Å². The number of carbonyl (C=O) groups is 1. The van der Waals surface area contributed by atoms with Crippen molar-refractivity contribution in [3.8, 4) is 11.5 Å². The molecular formula is C24H33FN4O3. The van der Waals surface area contributed by atoms with Crippen molar-refractivity contribution in [3.05, 3.63) is 41.5 Å². The summed E-state index contributed by atoms with van der Waals surface area (Å²) in [5.41, 5.74) is 1.21. The number of amides is 1. The van der Waals surface area contributed by atoms with Gasteiger partial charge in [0.15, 0.2) is 0 Å². The number of benzene rings is 1. The third-order valence-electron chi connectivity index (χ3n) is 6.38. The van der Waals surface area contributed by atoms with Crippen molar-refractivity contribution in [1.82, 2.24) is 20.1 Å². The van der Waals surface area contributed by atoms with Crippen LogP contribution in [-0.2, 0) is 16.1 Å². The number of carbonyl (C=O) groups excluding carboxylic acids is 1. The Kier molecular flexibility index (Phi) is 7.89. The van der Waals surface area contributed by atoms with E-state index in [2.05, 4.69) is 20.1 Å². The molecule has 0 bridgehead atoms. The second-order valence-corrected chi connectivity index (χ2v) is 8.65. The molecular weight excluding hydrogens is 411 g/mol. The third-order valence-corrected chi connectivity index (χ3v) is 6.38. The molecule has 1 N–H and O–H groups in total. The van der Waals surface area contributed by atoms with Crippen molar-refractivity contribution in [2.45, 2.75) is 32.7 Å². The van der Waals surface area contributed by atoms with Crippen LogP contribution in [0.5, 0.6) is 0 Å². The number of aryl methyl sites for hydroxylation is 1. The molecule has 0 spiro atoms. The largest absolute Gasteiger partial charge is 0.441 e. The van der Waals surface area contributed by atoms with Gasteiger partial charge >= 0.3 is 0 Å². The number of nitrogens with zero attached hydrogens (tertiary/aromatic N) is 3. The van der Waals surface area contributed by atoms with Crippen LogP contribution in [0.2, 0.25) is 0 Å². The van der Waals surface area contributed by atoms with Crippen LogP contribution < -0.4 is 5.32 Å². The van der Waals surface area contributed by atoms with E-state index in [4.69, 9.17) is 9.15 Å². The number of likely N-dealkylation sites (tertiary alicyclic amines) is 1. The number of piperidine rings is 1. The summed E-state index contributed by atoms with van der Waals surface area (Å²) < 4.78 is 25.1. The minimum Gasteiger partial charge on any atom is -0.441 e. The summed E-state index contributed by atoms with van der Waals surface area (Å²) in [6.07, 6.45) is 2.65. The molecule has 2 fully saturated rings. The molecule has 32 heavy (non-hydrogen) atoms. The lowest BCUT2D eigenvalue weighted by atomic mass is 9.95. The van der Waals surface area contributed by atoms with Gasteiger partial charge in [-0.2, -0.15) is 0 Å². The molecule has 3 heterocycles. The maximum atomic E-state index is 14.0. The van der Waals surface area contributed by atoms with Crippen molar-refractivity contribution in [1.29, 1.82) is 0 Å². The summed E-state index contributed by atoms with van der Waals surface area (Å²) >= 11 is 0. The number of ether oxygens (including phenoxy) is 1. The predicted molar refractivity (Wildman–Crippen MR) is 120 cm³/mol. The lowest BCUT2D eigenvalue weighted by molar-refractivity contribution is -0.126. The minimum absolute atomic E-state index is 0.0713. The zero-order valence-corrected chi connectivity index (χ0v) is 18.8. The molecule has 0 saturated carbocycles. The minimum atomic E-state index is -0.336. The highest BCUT2D eigenvalue weighted by atomic mass is 19.1. The Balaban J connectivity index is 1.19. The number of oxazole rings is 1. The average molecular weight is 445 g/mol. The molecule has 7 nitrogen and oxygen atoms in total. The molecule has 0 radical (unpaired) electrons. The summed E-state index contributed by atoms with van der Waals surface area (Å²) in [6, 6.07) is 6.51. The van der Waals surface area contributed by atoms with Gasteiger partial charge in [0.1, 0.15) is 11.6 Å². The quantitative estimate of drug-likeness (QED) is 0.632. The average Bonchev–Trinajstić information content (AvgIpc) is 3.18. The highest BCUT2D eigenvalue weighted by molar-refractivity contribution is 5.78. The lowest BCUT2D eigenvalue weighted by Crippen LogP contribution is -2.41. The number of hydrogen-bond donors (Lipinski definition) is 1. The summed E-state index contributed by atoms with van der Waals surface area (Å²) in [5.74, 6) is 0.940. The molecule has 1 amide bonds. The number of morpholine rings is 1. The van der Waals surface area contributed by atoms with Crippen molar-refractivity contribution in [2.75, 3.05) is 52.5 Å². The summed E-state index contributed by atoms with van der Waals surface area (Å²) in [7, 11) is 0. The normalized spacial score (nSPS) is 18.7. The molecule has 2 aliphatic heterocycles. The fourth-order valence-electron chi connectivity index (χ4n) is 4.37. The summed E-state index contributed by atoms with van der Waals surface area (Å²) in [4.78, 5) is 21.7. The predicted octanol–water partition coefficient (Wildman–Crippen LogP) is 2.84. The Morgan fingerprint density at radius 1 is 1.16 bits per heavy atom. The Morgan fingerprint density at radius 2 is 1.91 bits per heavy atom. The second-order valence-electron chi connectivity index (χ2n) is 8.65. The van der Waals surface area contributed by atoms with E-state index in [9.17, 15) is 9.18 Å². The van der Waals surface area contributed by atoms with Crippen LogP contribution in [0.15, 0.2) is 28.7 Å². The van der Waals surface area contributed by atoms with Crippen molar-refractivity contribution >= 4 is 5.91 Å². The fourth-order valence-corrected chi connectivity index (χ4v) is 4.37. The highest BCUT2D eigenvalue weighted by Gasteiger charge is 2.26. The zero-order chi connectivity index (χ0) is 22.3. The number of hydrogen-bond acceptors (Lipinski definition) is 6. The van der Waals surface area contributed by atoms with Crippen LogP contribution in [0.4, 0.5) is 4.39 Å². The SMILES string of the molecule is Cc1oc(-c2ccccc2F)nc1CN1CCC(C(=O)NCCCN2CCOCC2)CC1. The topological polar surface area (TPSA) is 70.8 Å². The van der Waals surface area contributed by atoms with Crippen LogP contribution in [-0.4, -0.2) is 73.2 Å². The summed E-state index contributed by atoms with van der Waals surface area (Å²) in [5, 5.41) is 3.11. The van der Waals surface area contributed by atoms with Crippen molar-refractivity contribution in [3.63, 3.8) is 0 Å². The Morgan fingerprint density at radius 3 is 2.66 bits per heavy atom. The van der Waals surface area contributed by atoms with Crippen LogP contribution in [0.3, 0.4) is 0 Å². The maximum Gasteiger partial charge on any atom is 0.229 e. The molecule has 2 aliphatic rings. The van der Waals surface area contributed by atoms with E-state index >= 15 is 0 Å². The van der Waals surface area contributed by atoms with Crippen molar-refractivity contribution < 1.29 is 18.3 Å². The van der Waals surface area contributed by atoms with Gasteiger partial charge in [-0.1, -0.05) is 12.1 Å². The second kappa shape index (κ2) is 11.0. The maximum absolute atomic E-state index is 14.0. The van der Waals surface area contributed by atoms with E-state index in [-0.39, 0.29) is 17.6 Å². The van der Waals surface area contributed by atoms with Gasteiger partial charge in [0, 0.05) is 32.1 Å². The van der Waals surface area contributed by atoms with Crippen LogP contribution in [0.25, 0.3) is 11.5 Å². The van der Waals surface area contributed by atoms with Gasteiger partial charge in [0.05, 0.1) is 24.5 Å². The molecule has 8 heteroatoms. The van der Waals surface area contributed by atoms with Crippen LogP contribution in [0, 0.1) is 18.7 Å². The van der Waals surface area contributed by atoms with Gasteiger partial charge in [-0.05, 0) is 58.0 Å². The smallest absolute Gasteiger partial charge is 0.229 e. The van der Waals surface area contributed by atoms with Gasteiger partial charge in [-0.15, -0.1) is 0 Å². The molecule has 174 valence electrons. The van der Waals surface area contributed by atoms with Crippen LogP contribution >= 0.6 is 0 Å². The van der Waals surface area contributed by atoms with E-state index in [1.807, 2.05) is 6.92 Å². The van der Waals surface area contributed by atoms with Gasteiger partial charge in [-0.3, -0.25) is 14.6 Å². The molecule has 0 aliphatic carbocycles. The van der Waals surface area contributed by atoms with Gasteiger partial charge < -0.3 is 14.5 Å². The number of nitrogens with one attached hydrogen (secondary N) is 1. The van der Waals surface area contributed by atoms with Gasteiger partial charge in [0.2, 0.25) is 11.8 Å². The number of aromatic nitrogens is 1. The number of halogens is 1. The molecule has 0 unspecified atom stereocenters. The van der Waals surface area contributed by atoms with E-state index < -0.39 is 0 Å². The molecule has 1 aromatic carbocycles. The third kappa shape index (κ3) is 5.94. The monoisotopic (exact) mass is 444 g/mol. The zero-order valence-electron chi connectivity index (χ0n) is 18.8. The first-order valence-electron chi connectivity index (χ1n) is 11.6. The summed E-state index contributed by atoms with van der Waals surface area (Å²) in [6.45, 7) is 9.52. The molecule has 0 atom stereocenters. The molecule has 4 rings (SSSR count). The van der Waals surface area contributed by atoms with Crippen LogP contribution in [0.1, 0.15) is 30.7 Å². The fraction of sp³-hybridized carbons (Fsp3) is 0.583. The Bertz CT molecular complexity index is 889. The van der Waals surface area contributed by atoms with Crippen molar-refractivity contribution in [2.24, 2.45) is 5.92 Å². The highest BCUT2D eigenvalue weighted by Crippen LogP contribution is 2.26. The van der Waals surface area contributed by atoms with Gasteiger partial charge in [-0.25, -0.2) is 9.37 Å². The Labute approximate surface area is 188 Å². The Hall–Kier alpha value is -2.29. The first kappa shape index (κ1) is 22.9. The van der Waals surface area contributed by atoms with E-state index in [1.54, 1.807) is 18.2 Å². The number of rotatable bonds is 8. The van der Waals surface area contributed by atoms with E-state index in [0.717, 1.165) is 77.4 Å². The van der Waals surface area contributed by atoms with E-state index in [1.165, 1.54) is 6.07 Å². The molecule has 2 saturated heterocycles. The first-order valence-corrected chi connectivity index (χ1v) is 11.6. The lowest BCUT2D eigenvalue weighted by Gasteiger charge is -2.31. The first-order chi connectivity index (χ1) is 15.6. The van der Waals surface area contributed by atoms with E-state index in [0.29, 0.717) is 23.8 Å². The standard InChI is InChI=1S/C24H33FN4O3/c1-18-22(27-24(32-18)20-5-2-3-6-21(20)25)17-29-11-7-19(8-12-29)23(30)26-9-4-10-28-13-15-31-16-14-28/h2-3,5-6,19H,4,7-17H2,1H3,(H,26,30).